The monoisotopic (exact) mass is 395 g/mol. The molecule has 28 heavy (non-hydrogen) atoms. The van der Waals surface area contributed by atoms with E-state index in [-0.39, 0.29) is 11.6 Å². The van der Waals surface area contributed by atoms with E-state index in [1.807, 2.05) is 30.3 Å². The highest BCUT2D eigenvalue weighted by atomic mass is 32.1. The number of anilines is 1. The molecule has 142 valence electrons. The topological polar surface area (TPSA) is 95.1 Å². The normalized spacial score (nSPS) is 10.9. The van der Waals surface area contributed by atoms with E-state index in [2.05, 4.69) is 20.6 Å². The van der Waals surface area contributed by atoms with Crippen LogP contribution in [0.25, 0.3) is 10.6 Å². The van der Waals surface area contributed by atoms with Crippen molar-refractivity contribution in [3.63, 3.8) is 0 Å². The third kappa shape index (κ3) is 4.16. The van der Waals surface area contributed by atoms with Gasteiger partial charge in [0.1, 0.15) is 5.01 Å². The summed E-state index contributed by atoms with van der Waals surface area (Å²) in [6, 6.07) is 11.6. The van der Waals surface area contributed by atoms with Crippen LogP contribution in [0, 0.1) is 0 Å². The average Bonchev–Trinajstić information content (AvgIpc) is 3.44. The summed E-state index contributed by atoms with van der Waals surface area (Å²) in [7, 11) is 1.61. The van der Waals surface area contributed by atoms with Crippen molar-refractivity contribution >= 4 is 22.9 Å². The highest BCUT2D eigenvalue weighted by molar-refractivity contribution is 7.15. The van der Waals surface area contributed by atoms with Gasteiger partial charge in [-0.05, 0) is 5.56 Å². The molecular weight excluding hydrogens is 378 g/mol. The number of hydrogen-bond donors (Lipinski definition) is 1. The molecule has 8 nitrogen and oxygen atoms in total. The number of nitrogens with one attached hydrogen (secondary N) is 1. The molecule has 4 rings (SSSR count). The minimum Gasteiger partial charge on any atom is -0.378 e. The number of benzene rings is 1. The Hall–Kier alpha value is -3.30. The van der Waals surface area contributed by atoms with Gasteiger partial charge in [0.15, 0.2) is 11.5 Å². The van der Waals surface area contributed by atoms with Crippen LogP contribution in [-0.2, 0) is 17.9 Å². The first-order valence-corrected chi connectivity index (χ1v) is 9.31. The molecule has 0 saturated heterocycles. The van der Waals surface area contributed by atoms with Crippen LogP contribution in [0.2, 0.25) is 0 Å². The quantitative estimate of drug-likeness (QED) is 0.515. The fourth-order valence-electron chi connectivity index (χ4n) is 2.59. The number of thiazole rings is 1. The summed E-state index contributed by atoms with van der Waals surface area (Å²) in [6.07, 6.45) is 5.04. The Labute approximate surface area is 164 Å². The molecule has 4 aromatic rings. The lowest BCUT2D eigenvalue weighted by Gasteiger charge is -2.01. The Kier molecular flexibility index (Phi) is 5.27. The molecule has 0 aliphatic heterocycles. The lowest BCUT2D eigenvalue weighted by Crippen LogP contribution is -2.11. The van der Waals surface area contributed by atoms with Gasteiger partial charge in [-0.25, -0.2) is 4.98 Å². The number of ether oxygens (including phenoxy) is 1. The van der Waals surface area contributed by atoms with E-state index in [1.165, 1.54) is 11.3 Å². The van der Waals surface area contributed by atoms with Gasteiger partial charge in [-0.15, -0.1) is 11.3 Å². The van der Waals surface area contributed by atoms with Crippen LogP contribution in [0.15, 0.2) is 59.5 Å². The molecule has 0 aliphatic rings. The first-order chi connectivity index (χ1) is 13.7. The van der Waals surface area contributed by atoms with Gasteiger partial charge in [-0.3, -0.25) is 9.48 Å². The lowest BCUT2D eigenvalue weighted by molar-refractivity contribution is 0.101. The largest absolute Gasteiger partial charge is 0.378 e. The maximum Gasteiger partial charge on any atom is 0.277 e. The predicted octanol–water partition coefficient (Wildman–Crippen LogP) is 3.44. The maximum atomic E-state index is 12.4. The van der Waals surface area contributed by atoms with E-state index in [0.717, 1.165) is 15.4 Å². The molecule has 0 spiro atoms. The second kappa shape index (κ2) is 8.15. The zero-order valence-electron chi connectivity index (χ0n) is 15.0. The number of carbonyl (C=O) groups excluding carboxylic acids is 1. The second-order valence-electron chi connectivity index (χ2n) is 5.99. The van der Waals surface area contributed by atoms with Crippen molar-refractivity contribution in [2.24, 2.45) is 0 Å². The number of methoxy groups -OCH3 is 1. The van der Waals surface area contributed by atoms with E-state index in [0.29, 0.717) is 24.6 Å². The SMILES string of the molecule is COCc1ncc(-c2cc(C(=O)Nc3cnn(Cc4ccccc4)c3)no2)s1. The molecule has 9 heteroatoms. The van der Waals surface area contributed by atoms with Gasteiger partial charge in [0.05, 0.1) is 29.9 Å². The smallest absolute Gasteiger partial charge is 0.277 e. The van der Waals surface area contributed by atoms with Gasteiger partial charge >= 0.3 is 0 Å². The Morgan fingerprint density at radius 2 is 2.14 bits per heavy atom. The summed E-state index contributed by atoms with van der Waals surface area (Å²) >= 11 is 1.43. The predicted molar refractivity (Wildman–Crippen MR) is 104 cm³/mol. The van der Waals surface area contributed by atoms with E-state index >= 15 is 0 Å². The zero-order valence-corrected chi connectivity index (χ0v) is 15.8. The van der Waals surface area contributed by atoms with Crippen molar-refractivity contribution in [3.8, 4) is 10.6 Å². The summed E-state index contributed by atoms with van der Waals surface area (Å²) in [5.74, 6) is 0.126. The number of carbonyl (C=O) groups is 1. The van der Waals surface area contributed by atoms with Crippen molar-refractivity contribution in [1.82, 2.24) is 19.9 Å². The van der Waals surface area contributed by atoms with Crippen LogP contribution >= 0.6 is 11.3 Å². The van der Waals surface area contributed by atoms with Crippen LogP contribution in [0.4, 0.5) is 5.69 Å². The van der Waals surface area contributed by atoms with E-state index < -0.39 is 0 Å². The molecule has 3 aromatic heterocycles. The summed E-state index contributed by atoms with van der Waals surface area (Å²) < 4.78 is 12.1. The fraction of sp³-hybridized carbons (Fsp3) is 0.158. The van der Waals surface area contributed by atoms with Crippen molar-refractivity contribution in [2.45, 2.75) is 13.2 Å². The molecule has 3 heterocycles. The van der Waals surface area contributed by atoms with Crippen LogP contribution in [0.1, 0.15) is 21.1 Å². The average molecular weight is 395 g/mol. The van der Waals surface area contributed by atoms with Crippen molar-refractivity contribution in [3.05, 3.63) is 71.3 Å². The van der Waals surface area contributed by atoms with Gasteiger partial charge < -0.3 is 14.6 Å². The molecule has 0 radical (unpaired) electrons. The first-order valence-electron chi connectivity index (χ1n) is 8.50. The van der Waals surface area contributed by atoms with Crippen LogP contribution in [0.5, 0.6) is 0 Å². The van der Waals surface area contributed by atoms with E-state index in [1.54, 1.807) is 36.4 Å². The summed E-state index contributed by atoms with van der Waals surface area (Å²) in [5, 5.41) is 11.7. The maximum absolute atomic E-state index is 12.4. The number of nitrogens with zero attached hydrogens (tertiary/aromatic N) is 4. The van der Waals surface area contributed by atoms with Gasteiger partial charge in [0.2, 0.25) is 0 Å². The minimum absolute atomic E-state index is 0.188. The molecular formula is C19H17N5O3S. The number of amides is 1. The minimum atomic E-state index is -0.365. The molecule has 0 bridgehead atoms. The van der Waals surface area contributed by atoms with Crippen LogP contribution in [0.3, 0.4) is 0 Å². The number of aromatic nitrogens is 4. The van der Waals surface area contributed by atoms with Gasteiger partial charge in [0, 0.05) is 25.6 Å². The van der Waals surface area contributed by atoms with Crippen molar-refractivity contribution in [1.29, 1.82) is 0 Å². The standard InChI is InChI=1S/C19H17N5O3S/c1-26-12-18-20-9-17(28-18)16-7-15(23-27-16)19(25)22-14-8-21-24(11-14)10-13-5-3-2-4-6-13/h2-9,11H,10,12H2,1H3,(H,22,25). The third-order valence-corrected chi connectivity index (χ3v) is 4.87. The number of rotatable bonds is 7. The summed E-state index contributed by atoms with van der Waals surface area (Å²) in [6.45, 7) is 1.05. The van der Waals surface area contributed by atoms with E-state index in [4.69, 9.17) is 9.26 Å². The van der Waals surface area contributed by atoms with Crippen molar-refractivity contribution < 1.29 is 14.1 Å². The first kappa shape index (κ1) is 18.1. The summed E-state index contributed by atoms with van der Waals surface area (Å²) in [5.41, 5.74) is 1.90. The number of hydrogen-bond acceptors (Lipinski definition) is 7. The molecule has 0 atom stereocenters. The van der Waals surface area contributed by atoms with Crippen LogP contribution in [-0.4, -0.2) is 32.9 Å². The second-order valence-corrected chi connectivity index (χ2v) is 7.11. The molecule has 0 fully saturated rings. The Balaban J connectivity index is 1.41. The summed E-state index contributed by atoms with van der Waals surface area (Å²) in [4.78, 5) is 17.5. The Bertz CT molecular complexity index is 1070. The Morgan fingerprint density at radius 3 is 2.96 bits per heavy atom. The highest BCUT2D eigenvalue weighted by Gasteiger charge is 2.16. The lowest BCUT2D eigenvalue weighted by atomic mass is 10.2. The molecule has 1 amide bonds. The molecule has 0 aliphatic carbocycles. The van der Waals surface area contributed by atoms with Gasteiger partial charge in [-0.1, -0.05) is 35.5 Å². The van der Waals surface area contributed by atoms with Crippen molar-refractivity contribution in [2.75, 3.05) is 12.4 Å². The van der Waals surface area contributed by atoms with Crippen LogP contribution < -0.4 is 5.32 Å². The Morgan fingerprint density at radius 1 is 1.29 bits per heavy atom. The fourth-order valence-corrected chi connectivity index (χ4v) is 3.43. The van der Waals surface area contributed by atoms with E-state index in [9.17, 15) is 4.79 Å². The zero-order chi connectivity index (χ0) is 19.3. The third-order valence-electron chi connectivity index (χ3n) is 3.89. The molecule has 0 saturated carbocycles. The highest BCUT2D eigenvalue weighted by Crippen LogP contribution is 2.27. The van der Waals surface area contributed by atoms with Gasteiger partial charge in [-0.2, -0.15) is 5.10 Å². The molecule has 1 aromatic carbocycles. The van der Waals surface area contributed by atoms with Gasteiger partial charge in [0.25, 0.3) is 5.91 Å². The molecule has 0 unspecified atom stereocenters. The molecule has 1 N–H and O–H groups in total.